The Labute approximate surface area is 188 Å². The summed E-state index contributed by atoms with van der Waals surface area (Å²) in [7, 11) is 0. The van der Waals surface area contributed by atoms with Crippen LogP contribution in [0.3, 0.4) is 0 Å². The fourth-order valence-corrected chi connectivity index (χ4v) is 4.97. The SMILES string of the molecule is CCc1ccccc1C1CCN(C(=O)Nc2[nH]c3ccccc3c2C(C)CC(=O)O)CC1. The molecule has 1 unspecified atom stereocenters. The highest BCUT2D eigenvalue weighted by Crippen LogP contribution is 2.35. The minimum absolute atomic E-state index is 0.00689. The molecule has 3 aromatic rings. The molecular weight excluding hydrogens is 402 g/mol. The van der Waals surface area contributed by atoms with Gasteiger partial charge in [-0.25, -0.2) is 4.79 Å². The zero-order valence-corrected chi connectivity index (χ0v) is 18.7. The van der Waals surface area contributed by atoms with Gasteiger partial charge in [-0.3, -0.25) is 10.1 Å². The molecule has 0 radical (unpaired) electrons. The van der Waals surface area contributed by atoms with Gasteiger partial charge in [0.15, 0.2) is 0 Å². The molecule has 1 atom stereocenters. The number of nitrogens with one attached hydrogen (secondary N) is 2. The van der Waals surface area contributed by atoms with Crippen molar-refractivity contribution in [1.82, 2.24) is 9.88 Å². The summed E-state index contributed by atoms with van der Waals surface area (Å²) >= 11 is 0. The average Bonchev–Trinajstić information content (AvgIpc) is 3.16. The fourth-order valence-electron chi connectivity index (χ4n) is 4.97. The third-order valence-electron chi connectivity index (χ3n) is 6.61. The third-order valence-corrected chi connectivity index (χ3v) is 6.61. The molecule has 0 bridgehead atoms. The fraction of sp³-hybridized carbons (Fsp3) is 0.385. The normalized spacial score (nSPS) is 15.6. The van der Waals surface area contributed by atoms with Gasteiger partial charge in [-0.1, -0.05) is 56.3 Å². The molecule has 0 saturated carbocycles. The van der Waals surface area contributed by atoms with Crippen molar-refractivity contribution in [3.05, 3.63) is 65.2 Å². The number of carboxylic acids is 1. The first-order valence-electron chi connectivity index (χ1n) is 11.4. The van der Waals surface area contributed by atoms with E-state index in [9.17, 15) is 14.7 Å². The molecule has 6 heteroatoms. The van der Waals surface area contributed by atoms with Gasteiger partial charge in [0.25, 0.3) is 0 Å². The lowest BCUT2D eigenvalue weighted by Gasteiger charge is -2.33. The molecule has 2 heterocycles. The Morgan fingerprint density at radius 3 is 2.53 bits per heavy atom. The Hall–Kier alpha value is -3.28. The highest BCUT2D eigenvalue weighted by atomic mass is 16.4. The molecule has 0 spiro atoms. The number of hydrogen-bond acceptors (Lipinski definition) is 2. The van der Waals surface area contributed by atoms with Crippen LogP contribution in [-0.4, -0.2) is 40.1 Å². The standard InChI is InChI=1S/C26H31N3O3/c1-3-18-8-4-5-9-20(18)19-12-14-29(15-13-19)26(32)28-25-24(17(2)16-23(30)31)21-10-6-7-11-22(21)27-25/h4-11,17,19,27H,3,12-16H2,1-2H3,(H,28,32)(H,30,31). The number of carbonyl (C=O) groups is 2. The van der Waals surface area contributed by atoms with Gasteiger partial charge in [0.1, 0.15) is 5.82 Å². The number of aromatic nitrogens is 1. The lowest BCUT2D eigenvalue weighted by atomic mass is 9.86. The third kappa shape index (κ3) is 4.49. The smallest absolute Gasteiger partial charge is 0.322 e. The van der Waals surface area contributed by atoms with Crippen molar-refractivity contribution in [3.63, 3.8) is 0 Å². The first-order valence-corrected chi connectivity index (χ1v) is 11.4. The minimum atomic E-state index is -0.852. The number of amides is 2. The van der Waals surface area contributed by atoms with Crippen molar-refractivity contribution in [2.24, 2.45) is 0 Å². The number of H-pyrrole nitrogens is 1. The monoisotopic (exact) mass is 433 g/mol. The van der Waals surface area contributed by atoms with Gasteiger partial charge in [0, 0.05) is 29.6 Å². The maximum atomic E-state index is 13.1. The molecule has 6 nitrogen and oxygen atoms in total. The van der Waals surface area contributed by atoms with Crippen LogP contribution in [0.4, 0.5) is 10.6 Å². The number of fused-ring (bicyclic) bond motifs is 1. The topological polar surface area (TPSA) is 85.4 Å². The molecule has 0 aliphatic carbocycles. The molecule has 1 saturated heterocycles. The Bertz CT molecular complexity index is 1110. The Kier molecular flexibility index (Phi) is 6.49. The van der Waals surface area contributed by atoms with Crippen LogP contribution in [0.25, 0.3) is 10.9 Å². The van der Waals surface area contributed by atoms with Crippen LogP contribution in [-0.2, 0) is 11.2 Å². The molecule has 2 amide bonds. The second-order valence-electron chi connectivity index (χ2n) is 8.70. The molecular formula is C26H31N3O3. The number of aryl methyl sites for hydroxylation is 1. The molecule has 4 rings (SSSR count). The van der Waals surface area contributed by atoms with E-state index in [-0.39, 0.29) is 18.4 Å². The zero-order chi connectivity index (χ0) is 22.7. The van der Waals surface area contributed by atoms with E-state index in [1.165, 1.54) is 11.1 Å². The van der Waals surface area contributed by atoms with Crippen LogP contribution in [0.1, 0.15) is 61.6 Å². The van der Waals surface area contributed by atoms with Crippen molar-refractivity contribution >= 4 is 28.7 Å². The minimum Gasteiger partial charge on any atom is -0.481 e. The molecule has 1 aliphatic heterocycles. The van der Waals surface area contributed by atoms with Crippen LogP contribution < -0.4 is 5.32 Å². The Balaban J connectivity index is 1.48. The molecule has 1 aromatic heterocycles. The van der Waals surface area contributed by atoms with Gasteiger partial charge in [-0.15, -0.1) is 0 Å². The first kappa shape index (κ1) is 21.9. The first-order chi connectivity index (χ1) is 15.5. The van der Waals surface area contributed by atoms with Crippen LogP contribution in [0.5, 0.6) is 0 Å². The quantitative estimate of drug-likeness (QED) is 0.465. The van der Waals surface area contributed by atoms with Crippen molar-refractivity contribution in [1.29, 1.82) is 0 Å². The van der Waals surface area contributed by atoms with Gasteiger partial charge < -0.3 is 15.0 Å². The zero-order valence-electron chi connectivity index (χ0n) is 18.7. The van der Waals surface area contributed by atoms with Crippen LogP contribution in [0, 0.1) is 0 Å². The van der Waals surface area contributed by atoms with Gasteiger partial charge in [0.05, 0.1) is 6.42 Å². The summed E-state index contributed by atoms with van der Waals surface area (Å²) < 4.78 is 0. The molecule has 1 fully saturated rings. The summed E-state index contributed by atoms with van der Waals surface area (Å²) in [6.45, 7) is 5.48. The number of para-hydroxylation sites is 1. The number of piperidine rings is 1. The number of carboxylic acid groups (broad SMARTS) is 1. The van der Waals surface area contributed by atoms with Gasteiger partial charge in [0.2, 0.25) is 0 Å². The predicted octanol–water partition coefficient (Wildman–Crippen LogP) is 5.72. The van der Waals surface area contributed by atoms with Gasteiger partial charge in [-0.05, 0) is 48.3 Å². The average molecular weight is 434 g/mol. The number of carbonyl (C=O) groups excluding carboxylic acids is 1. The molecule has 168 valence electrons. The van der Waals surface area contributed by atoms with E-state index < -0.39 is 5.97 Å². The number of rotatable bonds is 6. The van der Waals surface area contributed by atoms with Crippen LogP contribution in [0.15, 0.2) is 48.5 Å². The number of nitrogens with zero attached hydrogens (tertiary/aromatic N) is 1. The van der Waals surface area contributed by atoms with E-state index >= 15 is 0 Å². The number of likely N-dealkylation sites (tertiary alicyclic amines) is 1. The summed E-state index contributed by atoms with van der Waals surface area (Å²) in [6.07, 6.45) is 2.92. The van der Waals surface area contributed by atoms with Crippen LogP contribution >= 0.6 is 0 Å². The van der Waals surface area contributed by atoms with Crippen molar-refractivity contribution in [3.8, 4) is 0 Å². The molecule has 2 aromatic carbocycles. The van der Waals surface area contributed by atoms with Crippen molar-refractivity contribution < 1.29 is 14.7 Å². The summed E-state index contributed by atoms with van der Waals surface area (Å²) in [4.78, 5) is 29.5. The molecule has 1 aliphatic rings. The van der Waals surface area contributed by atoms with E-state index in [0.29, 0.717) is 24.8 Å². The number of hydrogen-bond donors (Lipinski definition) is 3. The van der Waals surface area contributed by atoms with E-state index in [4.69, 9.17) is 0 Å². The van der Waals surface area contributed by atoms with Crippen molar-refractivity contribution in [2.75, 3.05) is 18.4 Å². The Morgan fingerprint density at radius 2 is 1.81 bits per heavy atom. The van der Waals surface area contributed by atoms with Crippen LogP contribution in [0.2, 0.25) is 0 Å². The van der Waals surface area contributed by atoms with E-state index in [2.05, 4.69) is 41.5 Å². The van der Waals surface area contributed by atoms with Crippen molar-refractivity contribution in [2.45, 2.75) is 51.4 Å². The van der Waals surface area contributed by atoms with E-state index in [1.807, 2.05) is 36.1 Å². The largest absolute Gasteiger partial charge is 0.481 e. The molecule has 3 N–H and O–H groups in total. The summed E-state index contributed by atoms with van der Waals surface area (Å²) in [5.74, 6) is 0.00236. The lowest BCUT2D eigenvalue weighted by Crippen LogP contribution is -2.40. The summed E-state index contributed by atoms with van der Waals surface area (Å²) in [6, 6.07) is 16.2. The number of urea groups is 1. The highest BCUT2D eigenvalue weighted by Gasteiger charge is 2.27. The number of aromatic amines is 1. The lowest BCUT2D eigenvalue weighted by molar-refractivity contribution is -0.137. The summed E-state index contributed by atoms with van der Waals surface area (Å²) in [5.41, 5.74) is 4.55. The number of anilines is 1. The maximum absolute atomic E-state index is 13.1. The second-order valence-corrected chi connectivity index (χ2v) is 8.70. The molecule has 32 heavy (non-hydrogen) atoms. The number of benzene rings is 2. The Morgan fingerprint density at radius 1 is 1.12 bits per heavy atom. The van der Waals surface area contributed by atoms with Gasteiger partial charge >= 0.3 is 12.0 Å². The second kappa shape index (κ2) is 9.47. The van der Waals surface area contributed by atoms with E-state index in [0.717, 1.165) is 35.7 Å². The highest BCUT2D eigenvalue weighted by molar-refractivity contribution is 5.96. The summed E-state index contributed by atoms with van der Waals surface area (Å²) in [5, 5.41) is 13.3. The van der Waals surface area contributed by atoms with E-state index in [1.54, 1.807) is 0 Å². The predicted molar refractivity (Wildman–Crippen MR) is 127 cm³/mol. The number of aliphatic carboxylic acids is 1. The van der Waals surface area contributed by atoms with Gasteiger partial charge in [-0.2, -0.15) is 0 Å². The maximum Gasteiger partial charge on any atom is 0.322 e.